The van der Waals surface area contributed by atoms with Gasteiger partial charge in [-0.15, -0.1) is 0 Å². The van der Waals surface area contributed by atoms with Gasteiger partial charge in [0.25, 0.3) is 0 Å². The molecule has 4 rings (SSSR count). The maximum absolute atomic E-state index is 12.4. The average molecular weight is 263 g/mol. The third-order valence-corrected chi connectivity index (χ3v) is 5.89. The Hall–Kier alpha value is -0.370. The van der Waals surface area contributed by atoms with E-state index in [9.17, 15) is 4.79 Å². The largest absolute Gasteiger partial charge is 0.321 e. The zero-order chi connectivity index (χ0) is 13.8. The van der Waals surface area contributed by atoms with E-state index in [0.717, 1.165) is 24.2 Å². The Morgan fingerprint density at radius 3 is 1.89 bits per heavy atom. The lowest BCUT2D eigenvalue weighted by molar-refractivity contribution is -0.130. The van der Waals surface area contributed by atoms with Gasteiger partial charge in [0.05, 0.1) is 6.04 Å². The van der Waals surface area contributed by atoms with E-state index in [0.29, 0.717) is 5.41 Å². The Balaban J connectivity index is 1.71. The summed E-state index contributed by atoms with van der Waals surface area (Å²) in [5.74, 6) is 3.10. The molecule has 0 unspecified atom stereocenters. The molecule has 2 heteroatoms. The van der Waals surface area contributed by atoms with Crippen LogP contribution in [0.2, 0.25) is 0 Å². The van der Waals surface area contributed by atoms with E-state index in [2.05, 4.69) is 0 Å². The number of nitrogens with two attached hydrogens (primary N) is 1. The molecule has 4 fully saturated rings. The Morgan fingerprint density at radius 2 is 1.53 bits per heavy atom. The summed E-state index contributed by atoms with van der Waals surface area (Å²) in [5.41, 5.74) is 6.41. The highest BCUT2D eigenvalue weighted by Gasteiger charge is 2.51. The highest BCUT2D eigenvalue weighted by atomic mass is 16.1. The highest BCUT2D eigenvalue weighted by Crippen LogP contribution is 2.61. The summed E-state index contributed by atoms with van der Waals surface area (Å²) in [6, 6.07) is -0.240. The van der Waals surface area contributed by atoms with Crippen molar-refractivity contribution < 1.29 is 4.79 Å². The molecule has 1 atom stereocenters. The van der Waals surface area contributed by atoms with Crippen molar-refractivity contribution in [1.29, 1.82) is 0 Å². The van der Waals surface area contributed by atoms with Crippen LogP contribution in [0.4, 0.5) is 0 Å². The minimum absolute atomic E-state index is 0.240. The van der Waals surface area contributed by atoms with Gasteiger partial charge in [-0.1, -0.05) is 20.8 Å². The number of hydrogen-bond donors (Lipinski definition) is 1. The van der Waals surface area contributed by atoms with Crippen LogP contribution in [-0.4, -0.2) is 11.8 Å². The molecular formula is C17H29NO. The van der Waals surface area contributed by atoms with Crippen LogP contribution < -0.4 is 5.73 Å². The lowest BCUT2D eigenvalue weighted by Gasteiger charge is -2.57. The fraction of sp³-hybridized carbons (Fsp3) is 0.941. The molecule has 19 heavy (non-hydrogen) atoms. The lowest BCUT2D eigenvalue weighted by atomic mass is 9.48. The molecule has 0 aromatic carbocycles. The second-order valence-corrected chi connectivity index (χ2v) is 8.84. The molecule has 4 aliphatic carbocycles. The smallest absolute Gasteiger partial charge is 0.154 e. The molecule has 0 aliphatic heterocycles. The third kappa shape index (κ3) is 2.49. The van der Waals surface area contributed by atoms with Gasteiger partial charge in [0.1, 0.15) is 0 Å². The summed E-state index contributed by atoms with van der Waals surface area (Å²) in [4.78, 5) is 12.4. The number of carbonyl (C=O) groups excluding carboxylic acids is 1. The van der Waals surface area contributed by atoms with Gasteiger partial charge < -0.3 is 5.73 Å². The van der Waals surface area contributed by atoms with Gasteiger partial charge in [0.15, 0.2) is 5.78 Å². The Morgan fingerprint density at radius 1 is 1.11 bits per heavy atom. The quantitative estimate of drug-likeness (QED) is 0.846. The van der Waals surface area contributed by atoms with Crippen molar-refractivity contribution in [3.8, 4) is 0 Å². The van der Waals surface area contributed by atoms with Crippen molar-refractivity contribution in [2.24, 2.45) is 34.3 Å². The van der Waals surface area contributed by atoms with Crippen molar-refractivity contribution in [2.45, 2.75) is 71.8 Å². The third-order valence-electron chi connectivity index (χ3n) is 5.89. The maximum atomic E-state index is 12.4. The molecule has 108 valence electrons. The van der Waals surface area contributed by atoms with Gasteiger partial charge >= 0.3 is 0 Å². The summed E-state index contributed by atoms with van der Waals surface area (Å²) in [5, 5.41) is 0. The average Bonchev–Trinajstić information content (AvgIpc) is 2.23. The Kier molecular flexibility index (Phi) is 3.09. The first-order valence-electron chi connectivity index (χ1n) is 8.07. The lowest BCUT2D eigenvalue weighted by Crippen LogP contribution is -2.50. The SMILES string of the molecule is CC(C)(C)C(=O)[C@@H](N)CC12CC3CC(CC(C3)C1)C2. The molecule has 2 N–H and O–H groups in total. The first-order chi connectivity index (χ1) is 8.77. The number of rotatable bonds is 3. The van der Waals surface area contributed by atoms with Gasteiger partial charge in [0, 0.05) is 5.41 Å². The van der Waals surface area contributed by atoms with Crippen LogP contribution in [0, 0.1) is 28.6 Å². The molecule has 4 aliphatic rings. The van der Waals surface area contributed by atoms with E-state index in [4.69, 9.17) is 5.73 Å². The molecule has 0 amide bonds. The second kappa shape index (κ2) is 4.31. The number of carbonyl (C=O) groups is 1. The van der Waals surface area contributed by atoms with Crippen LogP contribution in [0.1, 0.15) is 65.7 Å². The summed E-state index contributed by atoms with van der Waals surface area (Å²) < 4.78 is 0. The molecule has 0 saturated heterocycles. The van der Waals surface area contributed by atoms with Gasteiger partial charge in [-0.2, -0.15) is 0 Å². The van der Waals surface area contributed by atoms with E-state index in [-0.39, 0.29) is 17.2 Å². The van der Waals surface area contributed by atoms with E-state index in [1.807, 2.05) is 20.8 Å². The van der Waals surface area contributed by atoms with Gasteiger partial charge in [0.2, 0.25) is 0 Å². The normalized spacial score (nSPS) is 42.4. The molecule has 0 radical (unpaired) electrons. The summed E-state index contributed by atoms with van der Waals surface area (Å²) >= 11 is 0. The molecule has 0 aromatic heterocycles. The molecule has 2 nitrogen and oxygen atoms in total. The maximum Gasteiger partial charge on any atom is 0.154 e. The van der Waals surface area contributed by atoms with Crippen LogP contribution in [0.25, 0.3) is 0 Å². The molecule has 0 aromatic rings. The first kappa shape index (κ1) is 13.6. The predicted octanol–water partition coefficient (Wildman–Crippen LogP) is 3.54. The number of hydrogen-bond acceptors (Lipinski definition) is 2. The van der Waals surface area contributed by atoms with E-state index in [1.54, 1.807) is 0 Å². The van der Waals surface area contributed by atoms with Gasteiger partial charge in [-0.05, 0) is 68.1 Å². The van der Waals surface area contributed by atoms with Crippen molar-refractivity contribution in [3.63, 3.8) is 0 Å². The minimum atomic E-state index is -0.290. The van der Waals surface area contributed by atoms with Gasteiger partial charge in [-0.25, -0.2) is 0 Å². The Labute approximate surface area is 117 Å². The fourth-order valence-electron chi connectivity index (χ4n) is 5.66. The van der Waals surface area contributed by atoms with Gasteiger partial charge in [-0.3, -0.25) is 4.79 Å². The van der Waals surface area contributed by atoms with Crippen molar-refractivity contribution in [3.05, 3.63) is 0 Å². The molecule has 4 saturated carbocycles. The van der Waals surface area contributed by atoms with E-state index in [1.165, 1.54) is 38.5 Å². The topological polar surface area (TPSA) is 43.1 Å². The predicted molar refractivity (Wildman–Crippen MR) is 77.7 cm³/mol. The number of ketones is 1. The molecule has 4 bridgehead atoms. The second-order valence-electron chi connectivity index (χ2n) is 8.84. The molecule has 0 spiro atoms. The van der Waals surface area contributed by atoms with Crippen LogP contribution in [-0.2, 0) is 4.79 Å². The van der Waals surface area contributed by atoms with Crippen LogP contribution in [0.15, 0.2) is 0 Å². The van der Waals surface area contributed by atoms with Crippen LogP contribution >= 0.6 is 0 Å². The standard InChI is InChI=1S/C17H29NO/c1-16(2,3)15(19)14(18)10-17-7-11-4-12(8-17)6-13(5-11)9-17/h11-14H,4-10,18H2,1-3H3/t11?,12?,13?,14-,17?/m0/s1. The number of Topliss-reactive ketones (excluding diaryl/α,β-unsaturated/α-hetero) is 1. The molecular weight excluding hydrogens is 234 g/mol. The zero-order valence-electron chi connectivity index (χ0n) is 12.7. The monoisotopic (exact) mass is 263 g/mol. The van der Waals surface area contributed by atoms with E-state index >= 15 is 0 Å². The van der Waals surface area contributed by atoms with Crippen molar-refractivity contribution in [1.82, 2.24) is 0 Å². The molecule has 0 heterocycles. The van der Waals surface area contributed by atoms with Crippen LogP contribution in [0.5, 0.6) is 0 Å². The Bertz CT molecular complexity index is 344. The van der Waals surface area contributed by atoms with Crippen molar-refractivity contribution >= 4 is 5.78 Å². The zero-order valence-corrected chi connectivity index (χ0v) is 12.7. The highest BCUT2D eigenvalue weighted by molar-refractivity contribution is 5.88. The van der Waals surface area contributed by atoms with Crippen molar-refractivity contribution in [2.75, 3.05) is 0 Å². The minimum Gasteiger partial charge on any atom is -0.321 e. The van der Waals surface area contributed by atoms with E-state index < -0.39 is 0 Å². The first-order valence-corrected chi connectivity index (χ1v) is 8.07. The summed E-state index contributed by atoms with van der Waals surface area (Å²) in [6.45, 7) is 5.98. The van der Waals surface area contributed by atoms with Crippen LogP contribution in [0.3, 0.4) is 0 Å². The summed E-state index contributed by atoms with van der Waals surface area (Å²) in [7, 11) is 0. The summed E-state index contributed by atoms with van der Waals surface area (Å²) in [6.07, 6.45) is 9.39. The fourth-order valence-corrected chi connectivity index (χ4v) is 5.66.